The number of nitriles is 1. The van der Waals surface area contributed by atoms with Gasteiger partial charge < -0.3 is 4.74 Å². The number of benzene rings is 2. The van der Waals surface area contributed by atoms with Gasteiger partial charge >= 0.3 is 0 Å². The molecule has 0 radical (unpaired) electrons. The fourth-order valence-corrected chi connectivity index (χ4v) is 1.48. The molecule has 0 unspecified atom stereocenters. The SMILES string of the molecule is N#Cc1cc(C=O)ccc1Oc1cccc(F)c1F. The number of hydrogen-bond acceptors (Lipinski definition) is 3. The van der Waals surface area contributed by atoms with Gasteiger partial charge in [-0.3, -0.25) is 4.79 Å². The Morgan fingerprint density at radius 1 is 1.16 bits per heavy atom. The van der Waals surface area contributed by atoms with Gasteiger partial charge in [-0.1, -0.05) is 6.07 Å². The van der Waals surface area contributed by atoms with Gasteiger partial charge in [-0.05, 0) is 30.3 Å². The first-order chi connectivity index (χ1) is 9.15. The highest BCUT2D eigenvalue weighted by Gasteiger charge is 2.12. The maximum absolute atomic E-state index is 13.4. The van der Waals surface area contributed by atoms with Crippen LogP contribution in [0, 0.1) is 23.0 Å². The van der Waals surface area contributed by atoms with Crippen molar-refractivity contribution in [2.24, 2.45) is 0 Å². The standard InChI is InChI=1S/C14H7F2NO2/c15-11-2-1-3-13(14(11)16)19-12-5-4-9(8-18)6-10(12)7-17/h1-6,8H. The minimum absolute atomic E-state index is 0.0533. The van der Waals surface area contributed by atoms with Crippen LogP contribution >= 0.6 is 0 Å². The van der Waals surface area contributed by atoms with E-state index in [0.29, 0.717) is 11.8 Å². The Bertz CT molecular complexity index is 678. The molecule has 0 amide bonds. The predicted octanol–water partition coefficient (Wildman–Crippen LogP) is 3.44. The average Bonchev–Trinajstić information content (AvgIpc) is 2.44. The monoisotopic (exact) mass is 259 g/mol. The van der Waals surface area contributed by atoms with Gasteiger partial charge in [0, 0.05) is 5.56 Å². The number of halogens is 2. The number of carbonyl (C=O) groups excluding carboxylic acids is 1. The molecule has 0 N–H and O–H groups in total. The molecule has 0 bridgehead atoms. The largest absolute Gasteiger partial charge is 0.453 e. The molecule has 94 valence electrons. The van der Waals surface area contributed by atoms with Crippen LogP contribution in [0.5, 0.6) is 11.5 Å². The van der Waals surface area contributed by atoms with Gasteiger partial charge in [0.15, 0.2) is 11.6 Å². The maximum Gasteiger partial charge on any atom is 0.201 e. The van der Waals surface area contributed by atoms with Crippen LogP contribution in [-0.4, -0.2) is 6.29 Å². The van der Waals surface area contributed by atoms with Gasteiger partial charge in [-0.2, -0.15) is 9.65 Å². The van der Waals surface area contributed by atoms with E-state index in [2.05, 4.69) is 0 Å². The van der Waals surface area contributed by atoms with Crippen LogP contribution in [0.15, 0.2) is 36.4 Å². The number of hydrogen-bond donors (Lipinski definition) is 0. The summed E-state index contributed by atoms with van der Waals surface area (Å²) in [5, 5.41) is 8.93. The zero-order valence-electron chi connectivity index (χ0n) is 9.56. The third kappa shape index (κ3) is 2.58. The van der Waals surface area contributed by atoms with Crippen LogP contribution in [0.25, 0.3) is 0 Å². The predicted molar refractivity (Wildman–Crippen MR) is 63.0 cm³/mol. The number of ether oxygens (including phenoxy) is 1. The van der Waals surface area contributed by atoms with E-state index in [1.165, 1.54) is 30.3 Å². The van der Waals surface area contributed by atoms with E-state index in [1.807, 2.05) is 6.07 Å². The van der Waals surface area contributed by atoms with Crippen molar-refractivity contribution in [3.63, 3.8) is 0 Å². The summed E-state index contributed by atoms with van der Waals surface area (Å²) in [5.41, 5.74) is 0.358. The van der Waals surface area contributed by atoms with Gasteiger partial charge in [-0.25, -0.2) is 4.39 Å². The van der Waals surface area contributed by atoms with Crippen LogP contribution in [0.1, 0.15) is 15.9 Å². The minimum atomic E-state index is -1.13. The summed E-state index contributed by atoms with van der Waals surface area (Å²) < 4.78 is 31.6. The van der Waals surface area contributed by atoms with E-state index in [1.54, 1.807) is 0 Å². The zero-order chi connectivity index (χ0) is 13.8. The lowest BCUT2D eigenvalue weighted by atomic mass is 10.1. The molecular formula is C14H7F2NO2. The molecule has 0 saturated carbocycles. The summed E-state index contributed by atoms with van der Waals surface area (Å²) in [6.07, 6.45) is 0.577. The quantitative estimate of drug-likeness (QED) is 0.793. The summed E-state index contributed by atoms with van der Waals surface area (Å²) in [4.78, 5) is 10.6. The smallest absolute Gasteiger partial charge is 0.201 e. The lowest BCUT2D eigenvalue weighted by Crippen LogP contribution is -1.94. The van der Waals surface area contributed by atoms with E-state index in [4.69, 9.17) is 10.00 Å². The Kier molecular flexibility index (Phi) is 3.53. The molecule has 2 rings (SSSR count). The molecule has 0 saturated heterocycles. The topological polar surface area (TPSA) is 50.1 Å². The molecule has 3 nitrogen and oxygen atoms in total. The molecule has 0 aliphatic heterocycles. The number of carbonyl (C=O) groups is 1. The molecule has 0 aliphatic carbocycles. The van der Waals surface area contributed by atoms with Crippen molar-refractivity contribution >= 4 is 6.29 Å². The van der Waals surface area contributed by atoms with Gasteiger partial charge in [-0.15, -0.1) is 0 Å². The minimum Gasteiger partial charge on any atom is -0.453 e. The molecule has 0 heterocycles. The molecule has 0 aliphatic rings. The van der Waals surface area contributed by atoms with E-state index < -0.39 is 11.6 Å². The van der Waals surface area contributed by atoms with Crippen molar-refractivity contribution in [2.75, 3.05) is 0 Å². The molecule has 5 heteroatoms. The van der Waals surface area contributed by atoms with E-state index in [0.717, 1.165) is 6.07 Å². The Balaban J connectivity index is 2.41. The second kappa shape index (κ2) is 5.27. The summed E-state index contributed by atoms with van der Waals surface area (Å²) in [5.74, 6) is -2.45. The van der Waals surface area contributed by atoms with Gasteiger partial charge in [0.05, 0.1) is 5.56 Å². The lowest BCUT2D eigenvalue weighted by molar-refractivity contribution is 0.112. The summed E-state index contributed by atoms with van der Waals surface area (Å²) >= 11 is 0. The Morgan fingerprint density at radius 2 is 1.95 bits per heavy atom. The van der Waals surface area contributed by atoms with Crippen LogP contribution in [-0.2, 0) is 0 Å². The normalized spacial score (nSPS) is 9.74. The van der Waals surface area contributed by atoms with Crippen LogP contribution in [0.2, 0.25) is 0 Å². The number of nitrogens with zero attached hydrogens (tertiary/aromatic N) is 1. The molecule has 2 aromatic carbocycles. The van der Waals surface area contributed by atoms with Gasteiger partial charge in [0.2, 0.25) is 5.82 Å². The van der Waals surface area contributed by atoms with Crippen LogP contribution in [0.3, 0.4) is 0 Å². The average molecular weight is 259 g/mol. The van der Waals surface area contributed by atoms with E-state index in [-0.39, 0.29) is 17.1 Å². The van der Waals surface area contributed by atoms with Gasteiger partial charge in [0.1, 0.15) is 18.1 Å². The first kappa shape index (κ1) is 12.7. The second-order valence-corrected chi connectivity index (χ2v) is 3.64. The Hall–Kier alpha value is -2.74. The Labute approximate surface area is 107 Å². The molecule has 0 aromatic heterocycles. The zero-order valence-corrected chi connectivity index (χ0v) is 9.56. The molecule has 0 atom stereocenters. The lowest BCUT2D eigenvalue weighted by Gasteiger charge is -2.08. The maximum atomic E-state index is 13.4. The fourth-order valence-electron chi connectivity index (χ4n) is 1.48. The number of aldehydes is 1. The summed E-state index contributed by atoms with van der Waals surface area (Å²) in [6, 6.07) is 9.40. The van der Waals surface area contributed by atoms with Crippen molar-refractivity contribution in [1.29, 1.82) is 5.26 Å². The molecule has 2 aromatic rings. The van der Waals surface area contributed by atoms with Crippen molar-refractivity contribution < 1.29 is 18.3 Å². The fraction of sp³-hybridized carbons (Fsp3) is 0. The van der Waals surface area contributed by atoms with Gasteiger partial charge in [0.25, 0.3) is 0 Å². The van der Waals surface area contributed by atoms with E-state index in [9.17, 15) is 13.6 Å². The molecule has 19 heavy (non-hydrogen) atoms. The summed E-state index contributed by atoms with van der Waals surface area (Å²) in [6.45, 7) is 0. The first-order valence-electron chi connectivity index (χ1n) is 5.27. The van der Waals surface area contributed by atoms with Crippen LogP contribution < -0.4 is 4.74 Å². The van der Waals surface area contributed by atoms with Crippen molar-refractivity contribution in [2.45, 2.75) is 0 Å². The van der Waals surface area contributed by atoms with Crippen LogP contribution in [0.4, 0.5) is 8.78 Å². The van der Waals surface area contributed by atoms with Crippen molar-refractivity contribution in [1.82, 2.24) is 0 Å². The van der Waals surface area contributed by atoms with Crippen molar-refractivity contribution in [3.05, 3.63) is 59.2 Å². The first-order valence-corrected chi connectivity index (χ1v) is 5.27. The van der Waals surface area contributed by atoms with E-state index >= 15 is 0 Å². The highest BCUT2D eigenvalue weighted by molar-refractivity contribution is 5.76. The second-order valence-electron chi connectivity index (χ2n) is 3.64. The molecular weight excluding hydrogens is 252 g/mol. The highest BCUT2D eigenvalue weighted by Crippen LogP contribution is 2.28. The number of rotatable bonds is 3. The summed E-state index contributed by atoms with van der Waals surface area (Å²) in [7, 11) is 0. The molecule has 0 fully saturated rings. The molecule has 0 spiro atoms. The third-order valence-corrected chi connectivity index (χ3v) is 2.40. The van der Waals surface area contributed by atoms with Crippen molar-refractivity contribution in [3.8, 4) is 17.6 Å². The third-order valence-electron chi connectivity index (χ3n) is 2.40. The highest BCUT2D eigenvalue weighted by atomic mass is 19.2. The Morgan fingerprint density at radius 3 is 2.63 bits per heavy atom.